The van der Waals surface area contributed by atoms with E-state index >= 15 is 0 Å². The van der Waals surface area contributed by atoms with Crippen LogP contribution in [0.1, 0.15) is 19.8 Å². The fourth-order valence-corrected chi connectivity index (χ4v) is 1.94. The number of hydrogen-bond donors (Lipinski definition) is 2. The summed E-state index contributed by atoms with van der Waals surface area (Å²) in [5, 5.41) is 2.75. The second-order valence-corrected chi connectivity index (χ2v) is 4.88. The highest BCUT2D eigenvalue weighted by molar-refractivity contribution is 5.85. The van der Waals surface area contributed by atoms with Gasteiger partial charge in [0.1, 0.15) is 0 Å². The average Bonchev–Trinajstić information content (AvgIpc) is 2.72. The van der Waals surface area contributed by atoms with E-state index < -0.39 is 0 Å². The first-order valence-electron chi connectivity index (χ1n) is 6.51. The number of nitrogens with zero attached hydrogens (tertiary/aromatic N) is 2. The molecule has 0 saturated carbocycles. The Morgan fingerprint density at radius 1 is 1.47 bits per heavy atom. The molecule has 7 heteroatoms. The minimum Gasteiger partial charge on any atom is -0.355 e. The van der Waals surface area contributed by atoms with Crippen LogP contribution in [0.3, 0.4) is 0 Å². The van der Waals surface area contributed by atoms with Gasteiger partial charge in [0.2, 0.25) is 11.8 Å². The molecule has 1 fully saturated rings. The van der Waals surface area contributed by atoms with Crippen molar-refractivity contribution in [3.63, 3.8) is 0 Å². The highest BCUT2D eigenvalue weighted by Gasteiger charge is 2.22. The number of nitrogens with one attached hydrogen (secondary N) is 1. The second kappa shape index (κ2) is 9.12. The lowest BCUT2D eigenvalue weighted by molar-refractivity contribution is -0.135. The summed E-state index contributed by atoms with van der Waals surface area (Å²) in [6, 6.07) is 0.177. The van der Waals surface area contributed by atoms with Crippen molar-refractivity contribution < 1.29 is 9.59 Å². The van der Waals surface area contributed by atoms with E-state index in [0.29, 0.717) is 13.1 Å². The number of carbonyl (C=O) groups is 2. The molecule has 0 bridgehead atoms. The number of rotatable bonds is 6. The summed E-state index contributed by atoms with van der Waals surface area (Å²) >= 11 is 0. The average molecular weight is 293 g/mol. The Labute approximate surface area is 121 Å². The molecule has 0 aromatic heterocycles. The van der Waals surface area contributed by atoms with Gasteiger partial charge in [-0.25, -0.2) is 0 Å². The van der Waals surface area contributed by atoms with Crippen LogP contribution >= 0.6 is 12.4 Å². The Morgan fingerprint density at radius 3 is 2.68 bits per heavy atom. The number of nitrogens with two attached hydrogens (primary N) is 1. The van der Waals surface area contributed by atoms with Gasteiger partial charge in [0.15, 0.2) is 0 Å². The molecular weight excluding hydrogens is 268 g/mol. The summed E-state index contributed by atoms with van der Waals surface area (Å²) in [5.41, 5.74) is 5.78. The standard InChI is InChI=1S/C12H24N4O2.ClH/c1-3-5-14-11(17)8-15(2)12(18)9-16-6-4-10(13)7-16;/h10H,3-9,13H2,1-2H3,(H,14,17);1H. The minimum atomic E-state index is -0.106. The molecule has 1 rings (SSSR count). The van der Waals surface area contributed by atoms with E-state index in [4.69, 9.17) is 5.73 Å². The van der Waals surface area contributed by atoms with Crippen LogP contribution in [0.4, 0.5) is 0 Å². The lowest BCUT2D eigenvalue weighted by Gasteiger charge is -2.21. The summed E-state index contributed by atoms with van der Waals surface area (Å²) in [7, 11) is 1.66. The van der Waals surface area contributed by atoms with Crippen molar-refractivity contribution in [2.45, 2.75) is 25.8 Å². The van der Waals surface area contributed by atoms with E-state index in [-0.39, 0.29) is 36.8 Å². The number of carbonyl (C=O) groups excluding carboxylic acids is 2. The normalized spacial score (nSPS) is 18.8. The van der Waals surface area contributed by atoms with Crippen LogP contribution in [0.5, 0.6) is 0 Å². The maximum atomic E-state index is 11.9. The van der Waals surface area contributed by atoms with Gasteiger partial charge in [-0.1, -0.05) is 6.92 Å². The summed E-state index contributed by atoms with van der Waals surface area (Å²) in [5.74, 6) is -0.137. The summed E-state index contributed by atoms with van der Waals surface area (Å²) in [6.45, 7) is 4.75. The van der Waals surface area contributed by atoms with Crippen LogP contribution in [-0.4, -0.2) is 67.4 Å². The number of amides is 2. The third-order valence-corrected chi connectivity index (χ3v) is 3.05. The van der Waals surface area contributed by atoms with Gasteiger partial charge >= 0.3 is 0 Å². The predicted octanol–water partition coefficient (Wildman–Crippen LogP) is -0.574. The van der Waals surface area contributed by atoms with E-state index in [1.54, 1.807) is 7.05 Å². The van der Waals surface area contributed by atoms with Gasteiger partial charge in [0.05, 0.1) is 13.1 Å². The van der Waals surface area contributed by atoms with Gasteiger partial charge in [0.25, 0.3) is 0 Å². The second-order valence-electron chi connectivity index (χ2n) is 4.88. The zero-order valence-electron chi connectivity index (χ0n) is 11.7. The molecule has 0 spiro atoms. The molecule has 3 N–H and O–H groups in total. The number of halogens is 1. The molecule has 1 saturated heterocycles. The zero-order valence-corrected chi connectivity index (χ0v) is 12.5. The smallest absolute Gasteiger partial charge is 0.239 e. The van der Waals surface area contributed by atoms with E-state index in [0.717, 1.165) is 25.9 Å². The topological polar surface area (TPSA) is 78.7 Å². The molecule has 1 unspecified atom stereocenters. The molecule has 0 radical (unpaired) electrons. The van der Waals surface area contributed by atoms with Crippen LogP contribution < -0.4 is 11.1 Å². The van der Waals surface area contributed by atoms with Gasteiger partial charge in [0, 0.05) is 32.7 Å². The van der Waals surface area contributed by atoms with E-state index in [1.165, 1.54) is 4.90 Å². The van der Waals surface area contributed by atoms with Crippen molar-refractivity contribution in [1.29, 1.82) is 0 Å². The maximum Gasteiger partial charge on any atom is 0.239 e. The van der Waals surface area contributed by atoms with Crippen molar-refractivity contribution in [3.8, 4) is 0 Å². The first kappa shape index (κ1) is 18.1. The molecule has 0 aromatic rings. The van der Waals surface area contributed by atoms with E-state index in [2.05, 4.69) is 5.32 Å². The van der Waals surface area contributed by atoms with Gasteiger partial charge < -0.3 is 16.0 Å². The summed E-state index contributed by atoms with van der Waals surface area (Å²) < 4.78 is 0. The molecule has 6 nitrogen and oxygen atoms in total. The van der Waals surface area contributed by atoms with Gasteiger partial charge in [-0.05, 0) is 12.8 Å². The molecule has 2 amide bonds. The SMILES string of the molecule is CCCNC(=O)CN(C)C(=O)CN1CCC(N)C1.Cl. The highest BCUT2D eigenvalue weighted by atomic mass is 35.5. The van der Waals surface area contributed by atoms with Crippen LogP contribution in [0, 0.1) is 0 Å². The number of likely N-dealkylation sites (tertiary alicyclic amines) is 1. The predicted molar refractivity (Wildman–Crippen MR) is 77.2 cm³/mol. The van der Waals surface area contributed by atoms with Crippen LogP contribution in [-0.2, 0) is 9.59 Å². The third-order valence-electron chi connectivity index (χ3n) is 3.05. The monoisotopic (exact) mass is 292 g/mol. The molecule has 0 aliphatic carbocycles. The fraction of sp³-hybridized carbons (Fsp3) is 0.833. The Bertz CT molecular complexity index is 301. The van der Waals surface area contributed by atoms with Crippen molar-refractivity contribution >= 4 is 24.2 Å². The van der Waals surface area contributed by atoms with Crippen molar-refractivity contribution in [3.05, 3.63) is 0 Å². The van der Waals surface area contributed by atoms with Crippen LogP contribution in [0.2, 0.25) is 0 Å². The lowest BCUT2D eigenvalue weighted by Crippen LogP contribution is -2.43. The van der Waals surface area contributed by atoms with Crippen molar-refractivity contribution in [2.24, 2.45) is 5.73 Å². The molecule has 112 valence electrons. The molecular formula is C12H25ClN4O2. The maximum absolute atomic E-state index is 11.9. The number of hydrogen-bond acceptors (Lipinski definition) is 4. The number of likely N-dealkylation sites (N-methyl/N-ethyl adjacent to an activating group) is 1. The minimum absolute atomic E-state index is 0. The van der Waals surface area contributed by atoms with Crippen molar-refractivity contribution in [1.82, 2.24) is 15.1 Å². The fourth-order valence-electron chi connectivity index (χ4n) is 1.94. The highest BCUT2D eigenvalue weighted by Crippen LogP contribution is 2.06. The Kier molecular flexibility index (Phi) is 8.71. The molecule has 1 aliphatic heterocycles. The molecule has 1 atom stereocenters. The van der Waals surface area contributed by atoms with Gasteiger partial charge in [-0.3, -0.25) is 14.5 Å². The quantitative estimate of drug-likeness (QED) is 0.687. The van der Waals surface area contributed by atoms with E-state index in [9.17, 15) is 9.59 Å². The lowest BCUT2D eigenvalue weighted by atomic mass is 10.3. The molecule has 1 aliphatic rings. The molecule has 0 aromatic carbocycles. The summed E-state index contributed by atoms with van der Waals surface area (Å²) in [4.78, 5) is 26.8. The Balaban J connectivity index is 0.00000324. The van der Waals surface area contributed by atoms with E-state index in [1.807, 2.05) is 11.8 Å². The molecule has 1 heterocycles. The van der Waals surface area contributed by atoms with Crippen LogP contribution in [0.15, 0.2) is 0 Å². The first-order chi connectivity index (χ1) is 8.52. The first-order valence-corrected chi connectivity index (χ1v) is 6.51. The Morgan fingerprint density at radius 2 is 2.16 bits per heavy atom. The van der Waals surface area contributed by atoms with Crippen LogP contribution in [0.25, 0.3) is 0 Å². The summed E-state index contributed by atoms with van der Waals surface area (Å²) in [6.07, 6.45) is 1.84. The van der Waals surface area contributed by atoms with Gasteiger partial charge in [-0.15, -0.1) is 12.4 Å². The largest absolute Gasteiger partial charge is 0.355 e. The van der Waals surface area contributed by atoms with Crippen molar-refractivity contribution in [2.75, 3.05) is 39.8 Å². The third kappa shape index (κ3) is 6.75. The zero-order chi connectivity index (χ0) is 13.5. The van der Waals surface area contributed by atoms with Gasteiger partial charge in [-0.2, -0.15) is 0 Å². The molecule has 19 heavy (non-hydrogen) atoms. The Hall–Kier alpha value is -0.850.